The zero-order chi connectivity index (χ0) is 23.4. The minimum atomic E-state index is -0.548. The Morgan fingerprint density at radius 1 is 1.03 bits per heavy atom. The van der Waals surface area contributed by atoms with E-state index in [0.717, 1.165) is 28.6 Å². The number of urea groups is 1. The molecule has 2 aromatic heterocycles. The van der Waals surface area contributed by atoms with Gasteiger partial charge in [-0.25, -0.2) is 20.2 Å². The van der Waals surface area contributed by atoms with Crippen LogP contribution >= 0.6 is 22.7 Å². The number of likely N-dealkylation sites (tertiary alicyclic amines) is 1. The van der Waals surface area contributed by atoms with Gasteiger partial charge < -0.3 is 10.2 Å². The zero-order valence-corrected chi connectivity index (χ0v) is 19.9. The first kappa shape index (κ1) is 22.9. The van der Waals surface area contributed by atoms with Gasteiger partial charge >= 0.3 is 6.03 Å². The molecule has 11 heteroatoms. The Morgan fingerprint density at radius 2 is 1.76 bits per heavy atom. The van der Waals surface area contributed by atoms with Gasteiger partial charge in [0.1, 0.15) is 10.6 Å². The molecule has 0 atom stereocenters. The highest BCUT2D eigenvalue weighted by Gasteiger charge is 2.28. The number of hydrogen-bond acceptors (Lipinski definition) is 7. The first-order valence-corrected chi connectivity index (χ1v) is 12.2. The minimum absolute atomic E-state index is 0.0376. The molecule has 0 aliphatic carbocycles. The highest BCUT2D eigenvalue weighted by atomic mass is 32.1. The number of piperidine rings is 1. The van der Waals surface area contributed by atoms with Crippen molar-refractivity contribution in [3.05, 3.63) is 62.0 Å². The Kier molecular flexibility index (Phi) is 6.99. The van der Waals surface area contributed by atoms with Gasteiger partial charge in [0.15, 0.2) is 0 Å². The summed E-state index contributed by atoms with van der Waals surface area (Å²) in [4.78, 5) is 48.5. The number of aryl methyl sites for hydroxylation is 2. The minimum Gasteiger partial charge on any atom is -0.338 e. The Balaban J connectivity index is 1.27. The second-order valence-corrected chi connectivity index (χ2v) is 9.78. The summed E-state index contributed by atoms with van der Waals surface area (Å²) in [6.45, 7) is 5.05. The van der Waals surface area contributed by atoms with Crippen molar-refractivity contribution in [2.45, 2.75) is 32.6 Å². The van der Waals surface area contributed by atoms with Crippen LogP contribution in [0.5, 0.6) is 0 Å². The van der Waals surface area contributed by atoms with E-state index in [-0.39, 0.29) is 17.5 Å². The number of hydrazine groups is 1. The van der Waals surface area contributed by atoms with Crippen molar-refractivity contribution in [3.63, 3.8) is 0 Å². The lowest BCUT2D eigenvalue weighted by molar-refractivity contribution is 0.0717. The molecule has 1 aromatic carbocycles. The third kappa shape index (κ3) is 5.55. The van der Waals surface area contributed by atoms with Crippen LogP contribution in [0.15, 0.2) is 35.7 Å². The Labute approximate surface area is 199 Å². The number of para-hydroxylation sites is 1. The summed E-state index contributed by atoms with van der Waals surface area (Å²) in [7, 11) is 0. The summed E-state index contributed by atoms with van der Waals surface area (Å²) in [5, 5.41) is 6.06. The highest BCUT2D eigenvalue weighted by molar-refractivity contribution is 7.13. The molecule has 1 saturated heterocycles. The summed E-state index contributed by atoms with van der Waals surface area (Å²) in [6.07, 6.45) is 1.57. The maximum absolute atomic E-state index is 12.8. The number of carbonyl (C=O) groups is 3. The van der Waals surface area contributed by atoms with Crippen LogP contribution in [-0.4, -0.2) is 45.8 Å². The molecule has 0 bridgehead atoms. The SMILES string of the molecule is Cc1nc(C)c(C(=O)N2CCC(c3nc(C(=O)NNC(=O)Nc4ccccc4)cs3)CC2)s1. The van der Waals surface area contributed by atoms with Crippen LogP contribution in [0, 0.1) is 13.8 Å². The van der Waals surface area contributed by atoms with Gasteiger partial charge in [0.05, 0.1) is 15.7 Å². The normalized spacial score (nSPS) is 14.1. The van der Waals surface area contributed by atoms with Crippen LogP contribution in [0.1, 0.15) is 54.6 Å². The van der Waals surface area contributed by atoms with E-state index < -0.39 is 11.9 Å². The molecule has 3 N–H and O–H groups in total. The lowest BCUT2D eigenvalue weighted by Crippen LogP contribution is -2.44. The van der Waals surface area contributed by atoms with E-state index >= 15 is 0 Å². The Morgan fingerprint density at radius 3 is 2.42 bits per heavy atom. The quantitative estimate of drug-likeness (QED) is 0.488. The molecule has 33 heavy (non-hydrogen) atoms. The summed E-state index contributed by atoms with van der Waals surface area (Å²) in [5.74, 6) is -0.251. The molecule has 4 rings (SSSR count). The number of carbonyl (C=O) groups excluding carboxylic acids is 3. The van der Waals surface area contributed by atoms with Gasteiger partial charge in [0.2, 0.25) is 0 Å². The third-order valence-electron chi connectivity index (χ3n) is 5.30. The van der Waals surface area contributed by atoms with Gasteiger partial charge in [0.25, 0.3) is 11.8 Å². The summed E-state index contributed by atoms with van der Waals surface area (Å²) < 4.78 is 0. The molecule has 1 fully saturated rings. The van der Waals surface area contributed by atoms with E-state index in [4.69, 9.17) is 0 Å². The van der Waals surface area contributed by atoms with Crippen molar-refractivity contribution >= 4 is 46.2 Å². The lowest BCUT2D eigenvalue weighted by atomic mass is 9.97. The fourth-order valence-corrected chi connectivity index (χ4v) is 5.50. The van der Waals surface area contributed by atoms with E-state index in [9.17, 15) is 14.4 Å². The molecule has 0 spiro atoms. The van der Waals surface area contributed by atoms with Crippen LogP contribution in [0.2, 0.25) is 0 Å². The zero-order valence-electron chi connectivity index (χ0n) is 18.3. The predicted octanol–water partition coefficient (Wildman–Crippen LogP) is 3.70. The van der Waals surface area contributed by atoms with Crippen molar-refractivity contribution in [2.75, 3.05) is 18.4 Å². The predicted molar refractivity (Wildman–Crippen MR) is 128 cm³/mol. The number of aromatic nitrogens is 2. The van der Waals surface area contributed by atoms with Crippen molar-refractivity contribution in [2.24, 2.45) is 0 Å². The summed E-state index contributed by atoms with van der Waals surface area (Å²) in [5.41, 5.74) is 6.35. The van der Waals surface area contributed by atoms with Crippen LogP contribution in [-0.2, 0) is 0 Å². The van der Waals surface area contributed by atoms with E-state index in [1.165, 1.54) is 22.7 Å². The van der Waals surface area contributed by atoms with E-state index in [1.54, 1.807) is 29.6 Å². The molecule has 3 heterocycles. The van der Waals surface area contributed by atoms with Gasteiger partial charge in [0, 0.05) is 30.1 Å². The Hall–Kier alpha value is -3.31. The highest BCUT2D eigenvalue weighted by Crippen LogP contribution is 2.31. The average Bonchev–Trinajstić information content (AvgIpc) is 3.44. The van der Waals surface area contributed by atoms with Gasteiger partial charge in [-0.3, -0.25) is 15.0 Å². The van der Waals surface area contributed by atoms with Crippen molar-refractivity contribution in [1.29, 1.82) is 0 Å². The lowest BCUT2D eigenvalue weighted by Gasteiger charge is -2.30. The van der Waals surface area contributed by atoms with Crippen molar-refractivity contribution in [1.82, 2.24) is 25.7 Å². The largest absolute Gasteiger partial charge is 0.338 e. The second-order valence-electron chi connectivity index (χ2n) is 7.68. The maximum atomic E-state index is 12.8. The number of anilines is 1. The van der Waals surface area contributed by atoms with Crippen molar-refractivity contribution in [3.8, 4) is 0 Å². The fourth-order valence-electron chi connectivity index (χ4n) is 3.64. The molecule has 1 aliphatic heterocycles. The number of nitrogens with one attached hydrogen (secondary N) is 3. The van der Waals surface area contributed by atoms with E-state index in [0.29, 0.717) is 23.7 Å². The monoisotopic (exact) mass is 484 g/mol. The Bertz CT molecular complexity index is 1150. The van der Waals surface area contributed by atoms with Crippen LogP contribution in [0.4, 0.5) is 10.5 Å². The molecule has 9 nitrogen and oxygen atoms in total. The number of nitrogens with zero attached hydrogens (tertiary/aromatic N) is 3. The molecule has 4 amide bonds. The van der Waals surface area contributed by atoms with E-state index in [2.05, 4.69) is 26.1 Å². The molecule has 172 valence electrons. The number of rotatable bonds is 4. The molecule has 0 unspecified atom stereocenters. The van der Waals surface area contributed by atoms with Gasteiger partial charge in [-0.1, -0.05) is 18.2 Å². The van der Waals surface area contributed by atoms with Crippen LogP contribution in [0.25, 0.3) is 0 Å². The first-order chi connectivity index (χ1) is 15.9. The smallest absolute Gasteiger partial charge is 0.337 e. The molecule has 0 radical (unpaired) electrons. The van der Waals surface area contributed by atoms with Gasteiger partial charge in [-0.05, 0) is 38.8 Å². The van der Waals surface area contributed by atoms with Gasteiger partial charge in [-0.15, -0.1) is 22.7 Å². The fraction of sp³-hybridized carbons (Fsp3) is 0.318. The van der Waals surface area contributed by atoms with Crippen molar-refractivity contribution < 1.29 is 14.4 Å². The second kappa shape index (κ2) is 10.1. The number of benzene rings is 1. The molecule has 1 aliphatic rings. The topological polar surface area (TPSA) is 116 Å². The molecular weight excluding hydrogens is 460 g/mol. The molecule has 3 aromatic rings. The van der Waals surface area contributed by atoms with Gasteiger partial charge in [-0.2, -0.15) is 0 Å². The van der Waals surface area contributed by atoms with Crippen LogP contribution in [0.3, 0.4) is 0 Å². The van der Waals surface area contributed by atoms with E-state index in [1.807, 2.05) is 24.8 Å². The number of hydrogen-bond donors (Lipinski definition) is 3. The summed E-state index contributed by atoms with van der Waals surface area (Å²) >= 11 is 2.86. The molecule has 0 saturated carbocycles. The summed E-state index contributed by atoms with van der Waals surface area (Å²) in [6, 6.07) is 8.38. The first-order valence-electron chi connectivity index (χ1n) is 10.5. The number of amides is 4. The maximum Gasteiger partial charge on any atom is 0.337 e. The average molecular weight is 485 g/mol. The standard InChI is InChI=1S/C22H24N6O3S2/c1-13-18(33-14(2)23-13)21(30)28-10-8-15(9-11-28)20-25-17(12-32-20)19(29)26-27-22(31)24-16-6-4-3-5-7-16/h3-7,12,15H,8-11H2,1-2H3,(H,26,29)(H2,24,27,31). The number of thiazole rings is 2. The molecular formula is C22H24N6O3S2. The third-order valence-corrected chi connectivity index (χ3v) is 7.37. The van der Waals surface area contributed by atoms with Crippen LogP contribution < -0.4 is 16.2 Å².